The van der Waals surface area contributed by atoms with E-state index in [2.05, 4.69) is 23.3 Å². The second kappa shape index (κ2) is 5.08. The Hall–Kier alpha value is -1.39. The fraction of sp³-hybridized carbons (Fsp3) is 0.500. The molecule has 1 aliphatic rings. The van der Waals surface area contributed by atoms with Crippen LogP contribution in [0, 0.1) is 5.92 Å². The van der Waals surface area contributed by atoms with Gasteiger partial charge in [0.25, 0.3) is 0 Å². The molecule has 0 fully saturated rings. The summed E-state index contributed by atoms with van der Waals surface area (Å²) in [5.41, 5.74) is 9.28. The average Bonchev–Trinajstić information content (AvgIpc) is 2.67. The summed E-state index contributed by atoms with van der Waals surface area (Å²) in [5, 5.41) is 2.89. The van der Waals surface area contributed by atoms with Gasteiger partial charge in [0.15, 0.2) is 0 Å². The molecule has 0 aliphatic carbocycles. The molecule has 1 aromatic carbocycles. The van der Waals surface area contributed by atoms with Gasteiger partial charge in [0.05, 0.1) is 6.04 Å². The van der Waals surface area contributed by atoms with Gasteiger partial charge in [-0.1, -0.05) is 19.9 Å². The molecule has 0 radical (unpaired) electrons. The van der Waals surface area contributed by atoms with Gasteiger partial charge >= 0.3 is 0 Å². The van der Waals surface area contributed by atoms with Crippen LogP contribution in [0.3, 0.4) is 0 Å². The normalized spacial score (nSPS) is 16.7. The van der Waals surface area contributed by atoms with Gasteiger partial charge in [-0.3, -0.25) is 9.69 Å². The van der Waals surface area contributed by atoms with Gasteiger partial charge in [0.1, 0.15) is 0 Å². The Balaban J connectivity index is 2.08. The highest BCUT2D eigenvalue weighted by molar-refractivity contribution is 5.94. The lowest BCUT2D eigenvalue weighted by Crippen LogP contribution is -2.39. The summed E-state index contributed by atoms with van der Waals surface area (Å²) in [5.74, 6) is 0.0295. The fourth-order valence-corrected chi connectivity index (χ4v) is 2.17. The molecule has 1 aromatic rings. The van der Waals surface area contributed by atoms with Crippen molar-refractivity contribution in [3.05, 3.63) is 29.3 Å². The van der Waals surface area contributed by atoms with Crippen LogP contribution >= 0.6 is 0 Å². The van der Waals surface area contributed by atoms with E-state index in [4.69, 9.17) is 5.73 Å². The van der Waals surface area contributed by atoms with E-state index in [0.29, 0.717) is 0 Å². The van der Waals surface area contributed by atoms with Crippen LogP contribution in [-0.2, 0) is 17.9 Å². The van der Waals surface area contributed by atoms with Crippen LogP contribution in [0.1, 0.15) is 25.0 Å². The summed E-state index contributed by atoms with van der Waals surface area (Å²) in [6.07, 6.45) is 0. The number of amides is 1. The van der Waals surface area contributed by atoms with Gasteiger partial charge in [0.2, 0.25) is 5.91 Å². The van der Waals surface area contributed by atoms with Crippen LogP contribution in [0.15, 0.2) is 18.2 Å². The minimum absolute atomic E-state index is 0.115. The van der Waals surface area contributed by atoms with Gasteiger partial charge in [0, 0.05) is 18.8 Å². The maximum absolute atomic E-state index is 11.9. The number of hydrogen-bond donors (Lipinski definition) is 2. The first-order chi connectivity index (χ1) is 8.47. The van der Waals surface area contributed by atoms with Crippen molar-refractivity contribution >= 4 is 11.6 Å². The molecule has 0 aromatic heterocycles. The number of fused-ring (bicyclic) bond motifs is 1. The third kappa shape index (κ3) is 2.71. The highest BCUT2D eigenvalue weighted by Gasteiger charge is 2.19. The molecule has 2 rings (SSSR count). The summed E-state index contributed by atoms with van der Waals surface area (Å²) >= 11 is 0. The molecule has 0 saturated carbocycles. The summed E-state index contributed by atoms with van der Waals surface area (Å²) in [7, 11) is 2.09. The number of nitrogens with two attached hydrogens (primary N) is 1. The molecule has 4 nitrogen and oxygen atoms in total. The molecule has 4 heteroatoms. The van der Waals surface area contributed by atoms with Crippen molar-refractivity contribution in [1.82, 2.24) is 4.90 Å². The Morgan fingerprint density at radius 2 is 2.00 bits per heavy atom. The number of nitrogens with one attached hydrogen (secondary N) is 1. The van der Waals surface area contributed by atoms with Crippen LogP contribution in [0.4, 0.5) is 5.69 Å². The van der Waals surface area contributed by atoms with E-state index >= 15 is 0 Å². The van der Waals surface area contributed by atoms with Crippen molar-refractivity contribution < 1.29 is 4.79 Å². The van der Waals surface area contributed by atoms with Gasteiger partial charge < -0.3 is 11.1 Å². The van der Waals surface area contributed by atoms with E-state index in [1.807, 2.05) is 26.0 Å². The van der Waals surface area contributed by atoms with E-state index in [1.165, 1.54) is 11.1 Å². The molecule has 0 bridgehead atoms. The minimum Gasteiger partial charge on any atom is -0.325 e. The molecule has 1 aliphatic heterocycles. The number of carbonyl (C=O) groups excluding carboxylic acids is 1. The number of hydrogen-bond acceptors (Lipinski definition) is 3. The molecular formula is C14H21N3O. The number of anilines is 1. The zero-order valence-corrected chi connectivity index (χ0v) is 11.2. The quantitative estimate of drug-likeness (QED) is 0.852. The standard InChI is InChI=1S/C14H21N3O/c1-9(2)13(15)14(18)16-12-5-4-10-7-17(3)8-11(10)6-12/h4-6,9,13H,7-8,15H2,1-3H3,(H,16,18). The van der Waals surface area contributed by atoms with E-state index < -0.39 is 6.04 Å². The first-order valence-electron chi connectivity index (χ1n) is 6.34. The monoisotopic (exact) mass is 247 g/mol. The molecule has 98 valence electrons. The van der Waals surface area contributed by atoms with Crippen LogP contribution in [0.25, 0.3) is 0 Å². The zero-order chi connectivity index (χ0) is 13.3. The molecule has 1 atom stereocenters. The first-order valence-corrected chi connectivity index (χ1v) is 6.34. The topological polar surface area (TPSA) is 58.4 Å². The maximum Gasteiger partial charge on any atom is 0.241 e. The fourth-order valence-electron chi connectivity index (χ4n) is 2.17. The molecule has 0 spiro atoms. The van der Waals surface area contributed by atoms with Crippen LogP contribution in [0.2, 0.25) is 0 Å². The van der Waals surface area contributed by atoms with Gasteiger partial charge in [-0.05, 0) is 36.2 Å². The number of nitrogens with zero attached hydrogens (tertiary/aromatic N) is 1. The highest BCUT2D eigenvalue weighted by atomic mass is 16.2. The molecule has 1 unspecified atom stereocenters. The Morgan fingerprint density at radius 1 is 1.33 bits per heavy atom. The largest absolute Gasteiger partial charge is 0.325 e. The van der Waals surface area contributed by atoms with Crippen LogP contribution in [-0.4, -0.2) is 23.9 Å². The van der Waals surface area contributed by atoms with Crippen molar-refractivity contribution in [3.63, 3.8) is 0 Å². The second-order valence-electron chi connectivity index (χ2n) is 5.41. The molecule has 1 amide bonds. The number of carbonyl (C=O) groups is 1. The third-order valence-corrected chi connectivity index (χ3v) is 3.38. The molecule has 18 heavy (non-hydrogen) atoms. The van der Waals surface area contributed by atoms with Crippen molar-refractivity contribution in [1.29, 1.82) is 0 Å². The Bertz CT molecular complexity index is 456. The Labute approximate surface area is 108 Å². The highest BCUT2D eigenvalue weighted by Crippen LogP contribution is 2.24. The van der Waals surface area contributed by atoms with Gasteiger partial charge in [-0.25, -0.2) is 0 Å². The van der Waals surface area contributed by atoms with Crippen molar-refractivity contribution in [2.45, 2.75) is 33.0 Å². The molecule has 1 heterocycles. The van der Waals surface area contributed by atoms with Gasteiger partial charge in [-0.15, -0.1) is 0 Å². The molecule has 0 saturated heterocycles. The van der Waals surface area contributed by atoms with Crippen molar-refractivity contribution in [2.24, 2.45) is 11.7 Å². The summed E-state index contributed by atoms with van der Waals surface area (Å²) < 4.78 is 0. The summed E-state index contributed by atoms with van der Waals surface area (Å²) in [4.78, 5) is 14.1. The number of benzene rings is 1. The first kappa shape index (κ1) is 13.1. The van der Waals surface area contributed by atoms with Crippen LogP contribution < -0.4 is 11.1 Å². The average molecular weight is 247 g/mol. The van der Waals surface area contributed by atoms with Gasteiger partial charge in [-0.2, -0.15) is 0 Å². The zero-order valence-electron chi connectivity index (χ0n) is 11.2. The van der Waals surface area contributed by atoms with E-state index in [-0.39, 0.29) is 11.8 Å². The third-order valence-electron chi connectivity index (χ3n) is 3.38. The summed E-state index contributed by atoms with van der Waals surface area (Å²) in [6, 6.07) is 5.61. The number of rotatable bonds is 3. The van der Waals surface area contributed by atoms with E-state index in [9.17, 15) is 4.79 Å². The Morgan fingerprint density at radius 3 is 2.67 bits per heavy atom. The van der Waals surface area contributed by atoms with Crippen molar-refractivity contribution in [2.75, 3.05) is 12.4 Å². The smallest absolute Gasteiger partial charge is 0.241 e. The predicted octanol–water partition coefficient (Wildman–Crippen LogP) is 1.55. The Kier molecular flexibility index (Phi) is 3.68. The lowest BCUT2D eigenvalue weighted by Gasteiger charge is -2.15. The maximum atomic E-state index is 11.9. The van der Waals surface area contributed by atoms with Crippen molar-refractivity contribution in [3.8, 4) is 0 Å². The SMILES string of the molecule is CC(C)C(N)C(=O)Nc1ccc2c(c1)CN(C)C2. The van der Waals surface area contributed by atoms with E-state index in [0.717, 1.165) is 18.8 Å². The lowest BCUT2D eigenvalue weighted by atomic mass is 10.0. The van der Waals surface area contributed by atoms with Crippen LogP contribution in [0.5, 0.6) is 0 Å². The lowest BCUT2D eigenvalue weighted by molar-refractivity contribution is -0.118. The summed E-state index contributed by atoms with van der Waals surface area (Å²) in [6.45, 7) is 5.81. The second-order valence-corrected chi connectivity index (χ2v) is 5.41. The predicted molar refractivity (Wildman–Crippen MR) is 73.1 cm³/mol. The molecule has 3 N–H and O–H groups in total. The minimum atomic E-state index is -0.457. The molecular weight excluding hydrogens is 226 g/mol. The van der Waals surface area contributed by atoms with E-state index in [1.54, 1.807) is 0 Å².